The third-order valence-corrected chi connectivity index (χ3v) is 3.78. The number of carbonyl (C=O) groups excluding carboxylic acids is 1. The highest BCUT2D eigenvalue weighted by atomic mass is 35.5. The zero-order valence-corrected chi connectivity index (χ0v) is 13.7. The fourth-order valence-corrected chi connectivity index (χ4v) is 2.56. The largest absolute Gasteiger partial charge is 0.506 e. The molecule has 0 unspecified atom stereocenters. The Morgan fingerprint density at radius 3 is 2.39 bits per heavy atom. The minimum Gasteiger partial charge on any atom is -0.506 e. The molecule has 0 radical (unpaired) electrons. The third-order valence-electron chi connectivity index (χ3n) is 2.87. The second kappa shape index (κ2) is 6.85. The van der Waals surface area contributed by atoms with Gasteiger partial charge in [-0.2, -0.15) is 0 Å². The number of halogens is 1. The molecule has 0 bridgehead atoms. The molecule has 7 heteroatoms. The lowest BCUT2D eigenvalue weighted by Gasteiger charge is -2.04. The van der Waals surface area contributed by atoms with Gasteiger partial charge in [-0.05, 0) is 48.0 Å². The van der Waals surface area contributed by atoms with E-state index in [4.69, 9.17) is 11.6 Å². The number of nitrogens with one attached hydrogen (secondary N) is 1. The molecule has 0 saturated heterocycles. The molecule has 0 saturated carbocycles. The van der Waals surface area contributed by atoms with E-state index in [1.165, 1.54) is 36.4 Å². The predicted octanol–water partition coefficient (Wildman–Crippen LogP) is 3.31. The maximum atomic E-state index is 12.1. The van der Waals surface area contributed by atoms with Crippen LogP contribution in [0.4, 0.5) is 5.69 Å². The molecule has 2 aromatic rings. The van der Waals surface area contributed by atoms with Crippen LogP contribution in [0, 0.1) is 0 Å². The van der Waals surface area contributed by atoms with Crippen molar-refractivity contribution in [1.29, 1.82) is 0 Å². The lowest BCUT2D eigenvalue weighted by molar-refractivity contribution is 0.104. The van der Waals surface area contributed by atoms with E-state index in [2.05, 4.69) is 4.72 Å². The van der Waals surface area contributed by atoms with E-state index >= 15 is 0 Å². The van der Waals surface area contributed by atoms with E-state index in [0.29, 0.717) is 16.8 Å². The van der Waals surface area contributed by atoms with Crippen LogP contribution in [0.5, 0.6) is 5.75 Å². The quantitative estimate of drug-likeness (QED) is 0.639. The van der Waals surface area contributed by atoms with Gasteiger partial charge in [-0.3, -0.25) is 9.52 Å². The molecule has 5 nitrogen and oxygen atoms in total. The first-order chi connectivity index (χ1) is 10.7. The summed E-state index contributed by atoms with van der Waals surface area (Å²) in [6.45, 7) is 0. The number of sulfonamides is 1. The molecule has 2 rings (SSSR count). The summed E-state index contributed by atoms with van der Waals surface area (Å²) in [5.41, 5.74) is 1.49. The molecule has 0 aromatic heterocycles. The van der Waals surface area contributed by atoms with Gasteiger partial charge in [0, 0.05) is 11.3 Å². The van der Waals surface area contributed by atoms with Crippen molar-refractivity contribution in [2.75, 3.05) is 11.0 Å². The van der Waals surface area contributed by atoms with Crippen molar-refractivity contribution in [1.82, 2.24) is 0 Å². The van der Waals surface area contributed by atoms with E-state index in [9.17, 15) is 18.3 Å². The molecule has 2 N–H and O–H groups in total. The molecule has 0 atom stereocenters. The van der Waals surface area contributed by atoms with Gasteiger partial charge in [0.15, 0.2) is 5.78 Å². The number of hydrogen-bond acceptors (Lipinski definition) is 4. The Morgan fingerprint density at radius 1 is 1.17 bits per heavy atom. The molecular formula is C16H14ClNO4S. The van der Waals surface area contributed by atoms with E-state index < -0.39 is 10.0 Å². The summed E-state index contributed by atoms with van der Waals surface area (Å²) in [7, 11) is -3.35. The highest BCUT2D eigenvalue weighted by Crippen LogP contribution is 2.24. The summed E-state index contributed by atoms with van der Waals surface area (Å²) < 4.78 is 24.5. The Labute approximate surface area is 139 Å². The first-order valence-corrected chi connectivity index (χ1v) is 8.80. The summed E-state index contributed by atoms with van der Waals surface area (Å²) >= 11 is 5.79. The molecule has 23 heavy (non-hydrogen) atoms. The number of carbonyl (C=O) groups is 1. The highest BCUT2D eigenvalue weighted by molar-refractivity contribution is 7.92. The van der Waals surface area contributed by atoms with Gasteiger partial charge in [-0.1, -0.05) is 23.7 Å². The van der Waals surface area contributed by atoms with Gasteiger partial charge in [-0.15, -0.1) is 0 Å². The molecule has 0 heterocycles. The van der Waals surface area contributed by atoms with Crippen molar-refractivity contribution < 1.29 is 18.3 Å². The highest BCUT2D eigenvalue weighted by Gasteiger charge is 2.05. The van der Waals surface area contributed by atoms with E-state index in [1.54, 1.807) is 18.2 Å². The number of phenolic OH excluding ortho intramolecular Hbond substituents is 1. The second-order valence-corrected chi connectivity index (χ2v) is 7.02. The van der Waals surface area contributed by atoms with Crippen LogP contribution in [0.15, 0.2) is 48.5 Å². The van der Waals surface area contributed by atoms with Crippen LogP contribution < -0.4 is 4.72 Å². The topological polar surface area (TPSA) is 83.5 Å². The Balaban J connectivity index is 2.11. The number of hydrogen-bond donors (Lipinski definition) is 2. The SMILES string of the molecule is CS(=O)(=O)Nc1ccc(C(=O)/C=C/c2ccc(O)c(Cl)c2)cc1. The monoisotopic (exact) mass is 351 g/mol. The molecule has 2 aromatic carbocycles. The normalized spacial score (nSPS) is 11.6. The van der Waals surface area contributed by atoms with Crippen LogP contribution in [-0.2, 0) is 10.0 Å². The molecule has 0 fully saturated rings. The maximum absolute atomic E-state index is 12.1. The van der Waals surface area contributed by atoms with Crippen LogP contribution in [-0.4, -0.2) is 25.6 Å². The molecule has 0 aliphatic heterocycles. The van der Waals surface area contributed by atoms with Crippen molar-refractivity contribution in [3.63, 3.8) is 0 Å². The number of aromatic hydroxyl groups is 1. The van der Waals surface area contributed by atoms with Crippen molar-refractivity contribution in [3.05, 3.63) is 64.7 Å². The Kier molecular flexibility index (Phi) is 5.08. The van der Waals surface area contributed by atoms with Gasteiger partial charge in [0.2, 0.25) is 10.0 Å². The van der Waals surface area contributed by atoms with Gasteiger partial charge in [-0.25, -0.2) is 8.42 Å². The van der Waals surface area contributed by atoms with E-state index in [1.807, 2.05) is 0 Å². The summed E-state index contributed by atoms with van der Waals surface area (Å²) in [6, 6.07) is 10.7. The van der Waals surface area contributed by atoms with E-state index in [0.717, 1.165) is 6.26 Å². The number of ketones is 1. The van der Waals surface area contributed by atoms with Crippen molar-refractivity contribution in [2.45, 2.75) is 0 Å². The second-order valence-electron chi connectivity index (χ2n) is 4.86. The lowest BCUT2D eigenvalue weighted by atomic mass is 10.1. The number of phenols is 1. The minimum absolute atomic E-state index is 0.0240. The summed E-state index contributed by atoms with van der Waals surface area (Å²) in [5.74, 6) is -0.260. The van der Waals surface area contributed by atoms with Gasteiger partial charge in [0.05, 0.1) is 11.3 Å². The van der Waals surface area contributed by atoms with Crippen molar-refractivity contribution in [2.24, 2.45) is 0 Å². The molecule has 0 amide bonds. The van der Waals surface area contributed by atoms with Gasteiger partial charge < -0.3 is 5.11 Å². The lowest BCUT2D eigenvalue weighted by Crippen LogP contribution is -2.09. The minimum atomic E-state index is -3.35. The van der Waals surface area contributed by atoms with Crippen LogP contribution in [0.1, 0.15) is 15.9 Å². The van der Waals surface area contributed by atoms with E-state index in [-0.39, 0.29) is 16.6 Å². The van der Waals surface area contributed by atoms with Gasteiger partial charge in [0.25, 0.3) is 0 Å². The fourth-order valence-electron chi connectivity index (χ4n) is 1.81. The third kappa shape index (κ3) is 5.12. The Hall–Kier alpha value is -2.31. The molecule has 0 spiro atoms. The Morgan fingerprint density at radius 2 is 1.83 bits per heavy atom. The van der Waals surface area contributed by atoms with Crippen LogP contribution in [0.25, 0.3) is 6.08 Å². The van der Waals surface area contributed by atoms with Crippen LogP contribution in [0.3, 0.4) is 0 Å². The first-order valence-electron chi connectivity index (χ1n) is 6.53. The molecule has 0 aliphatic carbocycles. The number of rotatable bonds is 5. The van der Waals surface area contributed by atoms with Gasteiger partial charge >= 0.3 is 0 Å². The molecule has 120 valence electrons. The standard InChI is InChI=1S/C16H14ClNO4S/c1-23(21,22)18-13-6-4-12(5-7-13)15(19)8-2-11-3-9-16(20)14(17)10-11/h2-10,18,20H,1H3/b8-2+. The predicted molar refractivity (Wildman–Crippen MR) is 91.4 cm³/mol. The smallest absolute Gasteiger partial charge is 0.229 e. The molecular weight excluding hydrogens is 338 g/mol. The summed E-state index contributed by atoms with van der Waals surface area (Å²) in [4.78, 5) is 12.1. The first kappa shape index (κ1) is 17.1. The maximum Gasteiger partial charge on any atom is 0.229 e. The number of benzene rings is 2. The summed E-state index contributed by atoms with van der Waals surface area (Å²) in [5, 5.41) is 9.54. The average molecular weight is 352 g/mol. The average Bonchev–Trinajstić information content (AvgIpc) is 2.47. The molecule has 0 aliphatic rings. The number of allylic oxidation sites excluding steroid dienone is 1. The number of anilines is 1. The van der Waals surface area contributed by atoms with Crippen molar-refractivity contribution >= 4 is 39.2 Å². The zero-order chi connectivity index (χ0) is 17.0. The van der Waals surface area contributed by atoms with Gasteiger partial charge in [0.1, 0.15) is 5.75 Å². The zero-order valence-electron chi connectivity index (χ0n) is 12.2. The van der Waals surface area contributed by atoms with Crippen LogP contribution >= 0.6 is 11.6 Å². The van der Waals surface area contributed by atoms with Crippen LogP contribution in [0.2, 0.25) is 5.02 Å². The fraction of sp³-hybridized carbons (Fsp3) is 0.0625. The summed E-state index contributed by atoms with van der Waals surface area (Å²) in [6.07, 6.45) is 4.01. The van der Waals surface area contributed by atoms with Crippen molar-refractivity contribution in [3.8, 4) is 5.75 Å². The Bertz CT molecular complexity index is 858.